The van der Waals surface area contributed by atoms with Gasteiger partial charge in [-0.25, -0.2) is 4.79 Å². The van der Waals surface area contributed by atoms with Crippen molar-refractivity contribution in [3.8, 4) is 5.75 Å². The molecule has 0 aliphatic carbocycles. The largest absolute Gasteiger partial charge is 0.508 e. The third-order valence-corrected chi connectivity index (χ3v) is 3.83. The molecule has 0 spiro atoms. The Kier molecular flexibility index (Phi) is 3.72. The zero-order valence-electron chi connectivity index (χ0n) is 11.9. The van der Waals surface area contributed by atoms with E-state index in [4.69, 9.17) is 5.11 Å². The molecule has 22 heavy (non-hydrogen) atoms. The third-order valence-electron chi connectivity index (χ3n) is 3.83. The zero-order chi connectivity index (χ0) is 15.7. The van der Waals surface area contributed by atoms with Gasteiger partial charge in [-0.05, 0) is 24.1 Å². The van der Waals surface area contributed by atoms with Gasteiger partial charge in [-0.3, -0.25) is 4.79 Å². The van der Waals surface area contributed by atoms with Crippen molar-refractivity contribution in [2.45, 2.75) is 12.5 Å². The van der Waals surface area contributed by atoms with Gasteiger partial charge in [0.1, 0.15) is 5.75 Å². The Morgan fingerprint density at radius 2 is 1.95 bits per heavy atom. The van der Waals surface area contributed by atoms with Crippen LogP contribution in [0.1, 0.15) is 18.0 Å². The number of amides is 3. The van der Waals surface area contributed by atoms with Gasteiger partial charge >= 0.3 is 6.03 Å². The van der Waals surface area contributed by atoms with Gasteiger partial charge in [0.15, 0.2) is 0 Å². The number of benzene rings is 1. The molecule has 0 unspecified atom stereocenters. The summed E-state index contributed by atoms with van der Waals surface area (Å²) in [6.45, 7) is 0.803. The molecule has 7 heteroatoms. The highest BCUT2D eigenvalue weighted by Gasteiger charge is 2.39. The van der Waals surface area contributed by atoms with Crippen LogP contribution in [0.2, 0.25) is 0 Å². The number of phenolic OH excluding ortho intramolecular Hbond substituents is 1. The minimum Gasteiger partial charge on any atom is -0.508 e. The number of carbonyl (C=O) groups is 2. The topological polar surface area (TPSA) is 102 Å². The Bertz CT molecular complexity index is 639. The van der Waals surface area contributed by atoms with Crippen LogP contribution in [0.5, 0.6) is 5.75 Å². The van der Waals surface area contributed by atoms with E-state index in [0.29, 0.717) is 30.8 Å². The number of aliphatic hydroxyl groups excluding tert-OH is 1. The summed E-state index contributed by atoms with van der Waals surface area (Å²) in [5, 5.41) is 23.7. The highest BCUT2D eigenvalue weighted by atomic mass is 16.3. The highest BCUT2D eigenvalue weighted by Crippen LogP contribution is 2.32. The Morgan fingerprint density at radius 3 is 2.64 bits per heavy atom. The smallest absolute Gasteiger partial charge is 0.319 e. The van der Waals surface area contributed by atoms with Gasteiger partial charge in [0.2, 0.25) is 0 Å². The molecule has 1 aromatic carbocycles. The van der Waals surface area contributed by atoms with Crippen LogP contribution in [0.25, 0.3) is 0 Å². The summed E-state index contributed by atoms with van der Waals surface area (Å²) in [6.07, 6.45) is 0.498. The third kappa shape index (κ3) is 2.50. The average molecular weight is 303 g/mol. The molecule has 0 saturated heterocycles. The molecule has 2 aliphatic rings. The number of hydrogen-bond donors (Lipinski definition) is 4. The lowest BCUT2D eigenvalue weighted by Gasteiger charge is -2.25. The summed E-state index contributed by atoms with van der Waals surface area (Å²) < 4.78 is 0. The summed E-state index contributed by atoms with van der Waals surface area (Å²) in [7, 11) is 0. The molecular weight excluding hydrogens is 286 g/mol. The van der Waals surface area contributed by atoms with Crippen LogP contribution in [0, 0.1) is 0 Å². The Hall–Kier alpha value is -2.54. The zero-order valence-corrected chi connectivity index (χ0v) is 11.9. The first-order valence-corrected chi connectivity index (χ1v) is 7.10. The number of aliphatic hydroxyl groups is 1. The Balaban J connectivity index is 1.90. The van der Waals surface area contributed by atoms with E-state index in [0.717, 1.165) is 5.56 Å². The SMILES string of the molecule is O=C1NC2=C(C(=O)N(CCCO)C2)[C@H](c2ccc(O)cc2)N1. The molecular formula is C15H17N3O4. The molecule has 0 radical (unpaired) electrons. The first-order valence-electron chi connectivity index (χ1n) is 7.10. The van der Waals surface area contributed by atoms with E-state index in [-0.39, 0.29) is 24.3 Å². The summed E-state index contributed by atoms with van der Waals surface area (Å²) in [4.78, 5) is 26.0. The molecule has 0 saturated carbocycles. The van der Waals surface area contributed by atoms with Crippen LogP contribution in [0.3, 0.4) is 0 Å². The summed E-state index contributed by atoms with van der Waals surface area (Å²) >= 11 is 0. The van der Waals surface area contributed by atoms with Crippen molar-refractivity contribution in [2.24, 2.45) is 0 Å². The first kappa shape index (κ1) is 14.4. The molecule has 1 aromatic rings. The standard InChI is InChI=1S/C15H17N3O4/c19-7-1-6-18-8-11-12(14(18)21)13(17-15(22)16-11)9-2-4-10(20)5-3-9/h2-5,13,19-20H,1,6-8H2,(H2,16,17,22)/t13-/m0/s1. The fourth-order valence-electron chi connectivity index (χ4n) is 2.79. The van der Waals surface area contributed by atoms with E-state index in [9.17, 15) is 14.7 Å². The number of nitrogens with one attached hydrogen (secondary N) is 2. The maximum Gasteiger partial charge on any atom is 0.319 e. The van der Waals surface area contributed by atoms with Gasteiger partial charge in [-0.2, -0.15) is 0 Å². The number of phenols is 1. The monoisotopic (exact) mass is 303 g/mol. The molecule has 116 valence electrons. The van der Waals surface area contributed by atoms with E-state index in [2.05, 4.69) is 10.6 Å². The van der Waals surface area contributed by atoms with Crippen LogP contribution in [-0.2, 0) is 4.79 Å². The van der Waals surface area contributed by atoms with Gasteiger partial charge in [0.05, 0.1) is 23.9 Å². The molecule has 3 amide bonds. The summed E-state index contributed by atoms with van der Waals surface area (Å²) in [6, 6.07) is 5.52. The van der Waals surface area contributed by atoms with Gasteiger partial charge in [0, 0.05) is 13.2 Å². The van der Waals surface area contributed by atoms with Gasteiger partial charge < -0.3 is 25.7 Å². The number of carbonyl (C=O) groups excluding carboxylic acids is 2. The van der Waals surface area contributed by atoms with Crippen LogP contribution in [0.15, 0.2) is 35.5 Å². The molecule has 4 N–H and O–H groups in total. The Morgan fingerprint density at radius 1 is 1.23 bits per heavy atom. The minimum atomic E-state index is -0.532. The lowest BCUT2D eigenvalue weighted by Crippen LogP contribution is -2.44. The second-order valence-corrected chi connectivity index (χ2v) is 5.32. The van der Waals surface area contributed by atoms with Crippen LogP contribution >= 0.6 is 0 Å². The van der Waals surface area contributed by atoms with E-state index in [1.165, 1.54) is 12.1 Å². The molecule has 0 fully saturated rings. The predicted octanol–water partition coefficient (Wildman–Crippen LogP) is 0.225. The van der Waals surface area contributed by atoms with Crippen LogP contribution in [-0.4, -0.2) is 46.7 Å². The van der Waals surface area contributed by atoms with Crippen molar-refractivity contribution in [2.75, 3.05) is 19.7 Å². The molecule has 0 bridgehead atoms. The average Bonchev–Trinajstić information content (AvgIpc) is 2.81. The van der Waals surface area contributed by atoms with Crippen molar-refractivity contribution in [1.29, 1.82) is 0 Å². The van der Waals surface area contributed by atoms with E-state index in [1.54, 1.807) is 17.0 Å². The molecule has 3 rings (SSSR count). The van der Waals surface area contributed by atoms with Gasteiger partial charge in [-0.1, -0.05) is 12.1 Å². The van der Waals surface area contributed by atoms with Gasteiger partial charge in [0.25, 0.3) is 5.91 Å². The number of urea groups is 1. The molecule has 2 aliphatic heterocycles. The first-order chi connectivity index (χ1) is 10.6. The number of rotatable bonds is 4. The van der Waals surface area contributed by atoms with Crippen LogP contribution < -0.4 is 10.6 Å². The normalized spacial score (nSPS) is 20.8. The maximum absolute atomic E-state index is 12.5. The van der Waals surface area contributed by atoms with Crippen molar-refractivity contribution >= 4 is 11.9 Å². The van der Waals surface area contributed by atoms with Crippen LogP contribution in [0.4, 0.5) is 4.79 Å². The number of hydrogen-bond acceptors (Lipinski definition) is 4. The summed E-state index contributed by atoms with van der Waals surface area (Å²) in [5.41, 5.74) is 1.85. The van der Waals surface area contributed by atoms with Crippen molar-refractivity contribution in [3.05, 3.63) is 41.1 Å². The maximum atomic E-state index is 12.5. The number of nitrogens with zero attached hydrogens (tertiary/aromatic N) is 1. The second kappa shape index (κ2) is 5.69. The van der Waals surface area contributed by atoms with E-state index < -0.39 is 6.04 Å². The quantitative estimate of drug-likeness (QED) is 0.639. The minimum absolute atomic E-state index is 0.0143. The van der Waals surface area contributed by atoms with Gasteiger partial charge in [-0.15, -0.1) is 0 Å². The molecule has 1 atom stereocenters. The van der Waals surface area contributed by atoms with E-state index >= 15 is 0 Å². The van der Waals surface area contributed by atoms with Crippen molar-refractivity contribution < 1.29 is 19.8 Å². The Labute approximate surface area is 127 Å². The lowest BCUT2D eigenvalue weighted by atomic mass is 9.96. The fourth-order valence-corrected chi connectivity index (χ4v) is 2.79. The second-order valence-electron chi connectivity index (χ2n) is 5.32. The lowest BCUT2D eigenvalue weighted by molar-refractivity contribution is -0.125. The van der Waals surface area contributed by atoms with Crippen molar-refractivity contribution in [3.63, 3.8) is 0 Å². The van der Waals surface area contributed by atoms with E-state index in [1.807, 2.05) is 0 Å². The summed E-state index contributed by atoms with van der Waals surface area (Å²) in [5.74, 6) is -0.0189. The molecule has 0 aromatic heterocycles. The molecule has 7 nitrogen and oxygen atoms in total. The fraction of sp³-hybridized carbons (Fsp3) is 0.333. The van der Waals surface area contributed by atoms with Crippen molar-refractivity contribution in [1.82, 2.24) is 15.5 Å². The molecule has 2 heterocycles. The number of aromatic hydroxyl groups is 1. The predicted molar refractivity (Wildman–Crippen MR) is 77.8 cm³/mol. The highest BCUT2D eigenvalue weighted by molar-refractivity contribution is 6.01.